The van der Waals surface area contributed by atoms with Crippen molar-refractivity contribution in [3.05, 3.63) is 70.5 Å². The standard InChI is InChI=1S/C20H20F4N2/c21-15-4-1-13(2-5-15)17-12-19(26-9-7-25-8-10-26)16-6-3-14(11-18(16)17)20(22,23)24/h1-6,11,17,19,25H,7-10,12H2/t17-,19+/m1/s1. The SMILES string of the molecule is Fc1ccc([C@H]2C[C@H](N3CCNCC3)c3ccc(C(F)(F)F)cc32)cc1. The number of rotatable bonds is 2. The van der Waals surface area contributed by atoms with Crippen LogP contribution in [0.25, 0.3) is 0 Å². The number of alkyl halides is 3. The minimum absolute atomic E-state index is 0.101. The summed E-state index contributed by atoms with van der Waals surface area (Å²) in [4.78, 5) is 2.34. The molecular weight excluding hydrogens is 344 g/mol. The van der Waals surface area contributed by atoms with E-state index < -0.39 is 11.7 Å². The normalized spacial score (nSPS) is 23.8. The van der Waals surface area contributed by atoms with Gasteiger partial charge in [-0.2, -0.15) is 13.2 Å². The van der Waals surface area contributed by atoms with E-state index in [-0.39, 0.29) is 17.8 Å². The molecule has 1 fully saturated rings. The Hall–Kier alpha value is -1.92. The van der Waals surface area contributed by atoms with E-state index in [4.69, 9.17) is 0 Å². The molecule has 1 aliphatic carbocycles. The van der Waals surface area contributed by atoms with Crippen LogP contribution in [-0.2, 0) is 6.18 Å². The molecule has 26 heavy (non-hydrogen) atoms. The minimum Gasteiger partial charge on any atom is -0.314 e. The third kappa shape index (κ3) is 3.23. The monoisotopic (exact) mass is 364 g/mol. The number of piperazine rings is 1. The third-order valence-corrected chi connectivity index (χ3v) is 5.47. The highest BCUT2D eigenvalue weighted by Crippen LogP contribution is 2.48. The van der Waals surface area contributed by atoms with Gasteiger partial charge in [-0.05, 0) is 47.4 Å². The van der Waals surface area contributed by atoms with Crippen LogP contribution in [-0.4, -0.2) is 31.1 Å². The summed E-state index contributed by atoms with van der Waals surface area (Å²) in [5.41, 5.74) is 1.93. The quantitative estimate of drug-likeness (QED) is 0.798. The molecule has 0 amide bonds. The molecule has 2 aromatic rings. The van der Waals surface area contributed by atoms with Gasteiger partial charge in [-0.25, -0.2) is 4.39 Å². The summed E-state index contributed by atoms with van der Waals surface area (Å²) >= 11 is 0. The number of fused-ring (bicyclic) bond motifs is 1. The van der Waals surface area contributed by atoms with Crippen molar-refractivity contribution in [1.29, 1.82) is 0 Å². The minimum atomic E-state index is -4.37. The third-order valence-electron chi connectivity index (χ3n) is 5.47. The van der Waals surface area contributed by atoms with E-state index in [1.54, 1.807) is 18.2 Å². The predicted molar refractivity (Wildman–Crippen MR) is 91.5 cm³/mol. The Labute approximate surface area is 149 Å². The second-order valence-electron chi connectivity index (χ2n) is 6.98. The van der Waals surface area contributed by atoms with Crippen LogP contribution in [0.5, 0.6) is 0 Å². The zero-order chi connectivity index (χ0) is 18.3. The summed E-state index contributed by atoms with van der Waals surface area (Å²) in [5.74, 6) is -0.484. The van der Waals surface area contributed by atoms with Gasteiger partial charge in [0.25, 0.3) is 0 Å². The molecule has 138 valence electrons. The van der Waals surface area contributed by atoms with Gasteiger partial charge in [0.1, 0.15) is 5.82 Å². The molecule has 2 aliphatic rings. The Morgan fingerprint density at radius 3 is 2.27 bits per heavy atom. The van der Waals surface area contributed by atoms with Crippen LogP contribution >= 0.6 is 0 Å². The first-order chi connectivity index (χ1) is 12.4. The van der Waals surface area contributed by atoms with Gasteiger partial charge in [-0.15, -0.1) is 0 Å². The van der Waals surface area contributed by atoms with Crippen LogP contribution in [0.2, 0.25) is 0 Å². The average Bonchev–Trinajstić information content (AvgIpc) is 3.01. The zero-order valence-electron chi connectivity index (χ0n) is 14.2. The molecule has 0 bridgehead atoms. The van der Waals surface area contributed by atoms with Gasteiger partial charge < -0.3 is 5.32 Å². The molecule has 6 heteroatoms. The van der Waals surface area contributed by atoms with Crippen LogP contribution in [0.1, 0.15) is 40.6 Å². The number of nitrogens with one attached hydrogen (secondary N) is 1. The Balaban J connectivity index is 1.76. The summed E-state index contributed by atoms with van der Waals surface area (Å²) in [6, 6.07) is 10.3. The van der Waals surface area contributed by atoms with E-state index >= 15 is 0 Å². The van der Waals surface area contributed by atoms with Gasteiger partial charge in [0.15, 0.2) is 0 Å². The topological polar surface area (TPSA) is 15.3 Å². The van der Waals surface area contributed by atoms with E-state index in [1.165, 1.54) is 24.3 Å². The van der Waals surface area contributed by atoms with Gasteiger partial charge in [0, 0.05) is 38.1 Å². The Morgan fingerprint density at radius 2 is 1.62 bits per heavy atom. The van der Waals surface area contributed by atoms with E-state index in [0.717, 1.165) is 49.3 Å². The van der Waals surface area contributed by atoms with Crippen LogP contribution in [0.4, 0.5) is 17.6 Å². The number of benzene rings is 2. The van der Waals surface area contributed by atoms with Crippen molar-refractivity contribution in [2.45, 2.75) is 24.6 Å². The van der Waals surface area contributed by atoms with Crippen LogP contribution in [0.3, 0.4) is 0 Å². The molecule has 0 spiro atoms. The number of hydrogen-bond acceptors (Lipinski definition) is 2. The van der Waals surface area contributed by atoms with E-state index in [0.29, 0.717) is 0 Å². The van der Waals surface area contributed by atoms with Gasteiger partial charge in [-0.1, -0.05) is 18.2 Å². The highest BCUT2D eigenvalue weighted by atomic mass is 19.4. The van der Waals surface area contributed by atoms with Gasteiger partial charge in [0.05, 0.1) is 5.56 Å². The molecular formula is C20H20F4N2. The first kappa shape index (κ1) is 17.5. The summed E-state index contributed by atoms with van der Waals surface area (Å²) in [7, 11) is 0. The molecule has 0 radical (unpaired) electrons. The fraction of sp³-hybridized carbons (Fsp3) is 0.400. The molecule has 0 unspecified atom stereocenters. The maximum atomic E-state index is 13.3. The van der Waals surface area contributed by atoms with E-state index in [9.17, 15) is 17.6 Å². The molecule has 4 rings (SSSR count). The van der Waals surface area contributed by atoms with Gasteiger partial charge in [0.2, 0.25) is 0 Å². The molecule has 0 saturated carbocycles. The predicted octanol–water partition coefficient (Wildman–Crippen LogP) is 4.33. The van der Waals surface area contributed by atoms with Crippen molar-refractivity contribution < 1.29 is 17.6 Å². The first-order valence-electron chi connectivity index (χ1n) is 8.85. The lowest BCUT2D eigenvalue weighted by molar-refractivity contribution is -0.137. The Morgan fingerprint density at radius 1 is 0.923 bits per heavy atom. The molecule has 1 N–H and O–H groups in total. The second kappa shape index (κ2) is 6.67. The molecule has 1 aliphatic heterocycles. The van der Waals surface area contributed by atoms with Gasteiger partial charge >= 0.3 is 6.18 Å². The summed E-state index contributed by atoms with van der Waals surface area (Å²) < 4.78 is 53.0. The van der Waals surface area contributed by atoms with E-state index in [1.807, 2.05) is 0 Å². The second-order valence-corrected chi connectivity index (χ2v) is 6.98. The molecule has 1 saturated heterocycles. The highest BCUT2D eigenvalue weighted by molar-refractivity contribution is 5.47. The smallest absolute Gasteiger partial charge is 0.314 e. The van der Waals surface area contributed by atoms with Gasteiger partial charge in [-0.3, -0.25) is 4.90 Å². The first-order valence-corrected chi connectivity index (χ1v) is 8.85. The largest absolute Gasteiger partial charge is 0.416 e. The average molecular weight is 364 g/mol. The van der Waals surface area contributed by atoms with Crippen LogP contribution < -0.4 is 5.32 Å². The van der Waals surface area contributed by atoms with Crippen molar-refractivity contribution in [3.8, 4) is 0 Å². The summed E-state index contributed by atoms with van der Waals surface area (Å²) in [6.45, 7) is 3.52. The molecule has 2 atom stereocenters. The lowest BCUT2D eigenvalue weighted by Gasteiger charge is -2.33. The van der Waals surface area contributed by atoms with Crippen molar-refractivity contribution >= 4 is 0 Å². The summed E-state index contributed by atoms with van der Waals surface area (Å²) in [5, 5.41) is 3.31. The number of nitrogens with zero attached hydrogens (tertiary/aromatic N) is 1. The Bertz CT molecular complexity index is 779. The molecule has 2 aromatic carbocycles. The number of halogens is 4. The fourth-order valence-corrected chi connectivity index (χ4v) is 4.18. The molecule has 0 aromatic heterocycles. The van der Waals surface area contributed by atoms with Crippen molar-refractivity contribution in [1.82, 2.24) is 10.2 Å². The van der Waals surface area contributed by atoms with Crippen molar-refractivity contribution in [2.24, 2.45) is 0 Å². The lowest BCUT2D eigenvalue weighted by atomic mass is 9.92. The fourth-order valence-electron chi connectivity index (χ4n) is 4.18. The number of hydrogen-bond donors (Lipinski definition) is 1. The molecule has 1 heterocycles. The van der Waals surface area contributed by atoms with Crippen LogP contribution in [0, 0.1) is 5.82 Å². The van der Waals surface area contributed by atoms with Crippen LogP contribution in [0.15, 0.2) is 42.5 Å². The van der Waals surface area contributed by atoms with E-state index in [2.05, 4.69) is 10.2 Å². The lowest BCUT2D eigenvalue weighted by Crippen LogP contribution is -2.44. The Kier molecular flexibility index (Phi) is 4.49. The zero-order valence-corrected chi connectivity index (χ0v) is 14.2. The van der Waals surface area contributed by atoms with Crippen molar-refractivity contribution in [3.63, 3.8) is 0 Å². The maximum absolute atomic E-state index is 13.3. The maximum Gasteiger partial charge on any atom is 0.416 e. The highest BCUT2D eigenvalue weighted by Gasteiger charge is 2.38. The summed E-state index contributed by atoms with van der Waals surface area (Å²) in [6.07, 6.45) is -3.64. The molecule has 2 nitrogen and oxygen atoms in total. The van der Waals surface area contributed by atoms with Crippen molar-refractivity contribution in [2.75, 3.05) is 26.2 Å².